The summed E-state index contributed by atoms with van der Waals surface area (Å²) in [5.41, 5.74) is 0.600. The number of esters is 1. The van der Waals surface area contributed by atoms with E-state index in [1.165, 1.54) is 49.7 Å². The summed E-state index contributed by atoms with van der Waals surface area (Å²) < 4.78 is 12.0. The number of carbonyl (C=O) groups is 1. The summed E-state index contributed by atoms with van der Waals surface area (Å²) in [5.74, 6) is 1.04. The Balaban J connectivity index is 0.00000208. The minimum absolute atomic E-state index is 0. The van der Waals surface area contributed by atoms with Gasteiger partial charge in [0.1, 0.15) is 12.4 Å². The van der Waals surface area contributed by atoms with Crippen molar-refractivity contribution >= 4 is 5.97 Å². The van der Waals surface area contributed by atoms with E-state index in [1.807, 2.05) is 0 Å². The van der Waals surface area contributed by atoms with Crippen molar-refractivity contribution in [3.8, 4) is 5.75 Å². The lowest BCUT2D eigenvalue weighted by Crippen LogP contribution is -3.00. The summed E-state index contributed by atoms with van der Waals surface area (Å²) in [6, 6.07) is 7.80. The van der Waals surface area contributed by atoms with Gasteiger partial charge in [0, 0.05) is 12.3 Å². The highest BCUT2D eigenvalue weighted by atomic mass is 127. The van der Waals surface area contributed by atoms with Crippen LogP contribution in [0.4, 0.5) is 0 Å². The van der Waals surface area contributed by atoms with E-state index in [-0.39, 0.29) is 29.9 Å². The Kier molecular flexibility index (Phi) is 6.92. The van der Waals surface area contributed by atoms with Crippen LogP contribution in [0.25, 0.3) is 0 Å². The van der Waals surface area contributed by atoms with Gasteiger partial charge in [-0.1, -0.05) is 0 Å². The Morgan fingerprint density at radius 2 is 1.83 bits per heavy atom. The molecule has 0 N–H and O–H groups in total. The lowest BCUT2D eigenvalue weighted by Gasteiger charge is -2.51. The van der Waals surface area contributed by atoms with Crippen molar-refractivity contribution in [2.75, 3.05) is 33.9 Å². The number of halogens is 1. The number of hydrogen-bond donors (Lipinski definition) is 0. The van der Waals surface area contributed by atoms with Gasteiger partial charge in [-0.3, -0.25) is 0 Å². The zero-order valence-corrected chi connectivity index (χ0v) is 16.8. The van der Waals surface area contributed by atoms with Crippen molar-refractivity contribution in [1.82, 2.24) is 0 Å². The average Bonchev–Trinajstić information content (AvgIpc) is 2.59. The first-order chi connectivity index (χ1) is 11.1. The van der Waals surface area contributed by atoms with Crippen LogP contribution < -0.4 is 28.7 Å². The number of benzene rings is 1. The van der Waals surface area contributed by atoms with Crippen molar-refractivity contribution in [3.63, 3.8) is 0 Å². The number of hydrogen-bond acceptors (Lipinski definition) is 3. The van der Waals surface area contributed by atoms with Crippen molar-refractivity contribution < 1.29 is 42.7 Å². The maximum Gasteiger partial charge on any atom is 0.338 e. The molecule has 1 aromatic carbocycles. The Morgan fingerprint density at radius 1 is 1.12 bits per heavy atom. The van der Waals surface area contributed by atoms with Gasteiger partial charge in [0.2, 0.25) is 0 Å². The van der Waals surface area contributed by atoms with Crippen LogP contribution >= 0.6 is 0 Å². The molecule has 0 bridgehead atoms. The topological polar surface area (TPSA) is 35.5 Å². The minimum Gasteiger partial charge on any atom is -1.00 e. The van der Waals surface area contributed by atoms with Crippen molar-refractivity contribution in [1.29, 1.82) is 0 Å². The lowest BCUT2D eigenvalue weighted by molar-refractivity contribution is -0.947. The van der Waals surface area contributed by atoms with Crippen molar-refractivity contribution in [2.45, 2.75) is 38.1 Å². The molecule has 4 nitrogen and oxygen atoms in total. The minimum atomic E-state index is -0.219. The fraction of sp³-hybridized carbons (Fsp3) is 0.632. The van der Waals surface area contributed by atoms with Crippen molar-refractivity contribution in [3.05, 3.63) is 29.8 Å². The normalized spacial score (nSPS) is 29.1. The predicted molar refractivity (Wildman–Crippen MR) is 89.6 cm³/mol. The number of fused-ring (bicyclic) bond motifs is 1. The van der Waals surface area contributed by atoms with E-state index in [4.69, 9.17) is 9.47 Å². The van der Waals surface area contributed by atoms with Crippen LogP contribution in [0.3, 0.4) is 0 Å². The van der Waals surface area contributed by atoms with Crippen LogP contribution in [0.5, 0.6) is 5.75 Å². The highest BCUT2D eigenvalue weighted by Gasteiger charge is 2.43. The van der Waals surface area contributed by atoms with Gasteiger partial charge in [0.25, 0.3) is 0 Å². The highest BCUT2D eigenvalue weighted by Crippen LogP contribution is 2.36. The zero-order chi connectivity index (χ0) is 16.3. The Hall–Kier alpha value is -0.820. The molecule has 5 heteroatoms. The van der Waals surface area contributed by atoms with Gasteiger partial charge in [-0.25, -0.2) is 4.79 Å². The number of ether oxygens (including phenoxy) is 2. The molecule has 0 aliphatic carbocycles. The van der Waals surface area contributed by atoms with Crippen LogP contribution in [0.15, 0.2) is 24.3 Å². The molecule has 0 radical (unpaired) electrons. The maximum atomic E-state index is 12.3. The Morgan fingerprint density at radius 3 is 2.54 bits per heavy atom. The standard InChI is InChI=1S/C19H28NO3.HI/c1-20-12-4-3-7-18(20)16(6-5-13-20)14-23-19(21)15-8-10-17(22-2)11-9-15;/h8-11,16,18H,3-7,12-14H2,1-2H3;1H/q+1;/p-1. The number of rotatable bonds is 4. The van der Waals surface area contributed by atoms with E-state index in [1.54, 1.807) is 31.4 Å². The van der Waals surface area contributed by atoms with Gasteiger partial charge in [0.15, 0.2) is 0 Å². The molecule has 0 amide bonds. The number of piperidine rings is 2. The molecule has 2 fully saturated rings. The summed E-state index contributed by atoms with van der Waals surface area (Å²) in [7, 11) is 4.01. The second kappa shape index (κ2) is 8.52. The molecule has 0 spiro atoms. The van der Waals surface area contributed by atoms with Gasteiger partial charge in [-0.2, -0.15) is 0 Å². The van der Waals surface area contributed by atoms with E-state index in [2.05, 4.69) is 7.05 Å². The molecule has 0 aromatic heterocycles. The predicted octanol–water partition coefficient (Wildman–Crippen LogP) is 0.265. The summed E-state index contributed by atoms with van der Waals surface area (Å²) >= 11 is 0. The fourth-order valence-electron chi connectivity index (χ4n) is 4.42. The third-order valence-corrected chi connectivity index (χ3v) is 5.76. The van der Waals surface area contributed by atoms with Gasteiger partial charge in [-0.05, 0) is 49.9 Å². The summed E-state index contributed by atoms with van der Waals surface area (Å²) in [5, 5.41) is 0. The van der Waals surface area contributed by atoms with E-state index in [0.29, 0.717) is 24.1 Å². The smallest absolute Gasteiger partial charge is 0.338 e. The fourth-order valence-corrected chi connectivity index (χ4v) is 4.42. The number of carbonyl (C=O) groups excluding carboxylic acids is 1. The molecule has 24 heavy (non-hydrogen) atoms. The molecular weight excluding hydrogens is 417 g/mol. The van der Waals surface area contributed by atoms with Gasteiger partial charge < -0.3 is 37.9 Å². The third-order valence-electron chi connectivity index (χ3n) is 5.76. The quantitative estimate of drug-likeness (QED) is 0.379. The number of methoxy groups -OCH3 is 1. The molecule has 134 valence electrons. The third kappa shape index (κ3) is 4.23. The lowest BCUT2D eigenvalue weighted by atomic mass is 9.82. The van der Waals surface area contributed by atoms with Crippen LogP contribution in [-0.2, 0) is 4.74 Å². The van der Waals surface area contributed by atoms with Crippen LogP contribution in [0.1, 0.15) is 42.5 Å². The Labute approximate surface area is 162 Å². The van der Waals surface area contributed by atoms with Gasteiger partial charge in [0.05, 0.1) is 38.9 Å². The summed E-state index contributed by atoms with van der Waals surface area (Å²) in [6.45, 7) is 3.13. The zero-order valence-electron chi connectivity index (χ0n) is 14.7. The second-order valence-electron chi connectivity index (χ2n) is 7.22. The Bertz CT molecular complexity index is 544. The first kappa shape index (κ1) is 19.5. The largest absolute Gasteiger partial charge is 1.00 e. The van der Waals surface area contributed by atoms with Crippen LogP contribution in [0.2, 0.25) is 0 Å². The molecule has 2 aliphatic heterocycles. The first-order valence-electron chi connectivity index (χ1n) is 8.78. The molecule has 3 rings (SSSR count). The first-order valence-corrected chi connectivity index (χ1v) is 8.78. The molecule has 0 saturated carbocycles. The van der Waals surface area contributed by atoms with Crippen LogP contribution in [0, 0.1) is 5.92 Å². The van der Waals surface area contributed by atoms with E-state index < -0.39 is 0 Å². The SMILES string of the molecule is COc1ccc(C(=O)OCC2CCC[N+]3(C)CCCCC23)cc1.[I-]. The molecule has 2 saturated heterocycles. The number of quaternary nitrogens is 1. The van der Waals surface area contributed by atoms with Gasteiger partial charge >= 0.3 is 5.97 Å². The molecule has 1 aromatic rings. The molecule has 2 aliphatic rings. The summed E-state index contributed by atoms with van der Waals surface area (Å²) in [4.78, 5) is 12.3. The average molecular weight is 445 g/mol. The molecule has 2 heterocycles. The number of nitrogens with zero attached hydrogens (tertiary/aromatic N) is 1. The highest BCUT2D eigenvalue weighted by molar-refractivity contribution is 5.89. The second-order valence-corrected chi connectivity index (χ2v) is 7.22. The van der Waals surface area contributed by atoms with E-state index >= 15 is 0 Å². The molecule has 3 atom stereocenters. The van der Waals surface area contributed by atoms with Gasteiger partial charge in [-0.15, -0.1) is 0 Å². The van der Waals surface area contributed by atoms with E-state index in [0.717, 1.165) is 5.75 Å². The van der Waals surface area contributed by atoms with Crippen LogP contribution in [-0.4, -0.2) is 50.3 Å². The monoisotopic (exact) mass is 445 g/mol. The maximum absolute atomic E-state index is 12.3. The molecular formula is C19H28INO3. The molecule has 3 unspecified atom stereocenters. The van der Waals surface area contributed by atoms with Crippen molar-refractivity contribution in [2.24, 2.45) is 5.92 Å². The summed E-state index contributed by atoms with van der Waals surface area (Å²) in [6.07, 6.45) is 6.38. The van der Waals surface area contributed by atoms with E-state index in [9.17, 15) is 4.79 Å².